The molecule has 1 aliphatic heterocycles. The van der Waals surface area contributed by atoms with Crippen molar-refractivity contribution >= 4 is 28.6 Å². The van der Waals surface area contributed by atoms with Crippen molar-refractivity contribution in [3.63, 3.8) is 0 Å². The molecule has 0 saturated heterocycles. The normalized spacial score (nSPS) is 12.4. The van der Waals surface area contributed by atoms with Gasteiger partial charge in [-0.15, -0.1) is 0 Å². The van der Waals surface area contributed by atoms with E-state index in [-0.39, 0.29) is 0 Å². The third-order valence-corrected chi connectivity index (χ3v) is 4.38. The summed E-state index contributed by atoms with van der Waals surface area (Å²) in [5, 5.41) is 0. The van der Waals surface area contributed by atoms with Crippen LogP contribution in [0.4, 0.5) is 17.1 Å². The highest BCUT2D eigenvalue weighted by Crippen LogP contribution is 2.48. The number of aromatic nitrogens is 1. The maximum Gasteiger partial charge on any atom is 0.341 e. The number of carbonyl (C=O) groups excluding carboxylic acids is 1. The number of fused-ring (bicyclic) bond motifs is 2. The lowest BCUT2D eigenvalue weighted by Gasteiger charge is -2.35. The van der Waals surface area contributed by atoms with Crippen molar-refractivity contribution in [3.8, 4) is 0 Å². The molecule has 0 amide bonds. The zero-order valence-electron chi connectivity index (χ0n) is 13.8. The Morgan fingerprint density at radius 1 is 0.960 bits per heavy atom. The highest BCUT2D eigenvalue weighted by molar-refractivity contribution is 6.04. The van der Waals surface area contributed by atoms with Crippen LogP contribution in [0.1, 0.15) is 21.5 Å². The third kappa shape index (κ3) is 2.31. The van der Waals surface area contributed by atoms with E-state index in [4.69, 9.17) is 4.74 Å². The molecule has 4 nitrogen and oxygen atoms in total. The standard InChI is InChI=1S/C21H16N2O2/c1-14-15-7-3-5-9-18(15)23(19-10-6-4-8-16(14)19)20-11-12-22-13-17(20)21(24)25-2/h3-13H,1H2,2H3. The number of anilines is 3. The lowest BCUT2D eigenvalue weighted by atomic mass is 9.90. The van der Waals surface area contributed by atoms with Crippen LogP contribution in [0.25, 0.3) is 5.57 Å². The quantitative estimate of drug-likeness (QED) is 0.500. The predicted octanol–water partition coefficient (Wildman–Crippen LogP) is 4.71. The minimum atomic E-state index is -0.414. The molecule has 122 valence electrons. The highest BCUT2D eigenvalue weighted by atomic mass is 16.5. The monoisotopic (exact) mass is 328 g/mol. The van der Waals surface area contributed by atoms with Crippen molar-refractivity contribution in [3.05, 3.63) is 90.3 Å². The Kier molecular flexibility index (Phi) is 3.58. The highest BCUT2D eigenvalue weighted by Gasteiger charge is 2.28. The Morgan fingerprint density at radius 2 is 1.56 bits per heavy atom. The van der Waals surface area contributed by atoms with Gasteiger partial charge in [0.15, 0.2) is 0 Å². The molecular weight excluding hydrogens is 312 g/mol. The van der Waals surface area contributed by atoms with Gasteiger partial charge in [0, 0.05) is 23.5 Å². The molecule has 2 aromatic carbocycles. The number of pyridine rings is 1. The molecule has 0 unspecified atom stereocenters. The number of hydrogen-bond donors (Lipinski definition) is 0. The zero-order valence-corrected chi connectivity index (χ0v) is 13.8. The number of rotatable bonds is 2. The summed E-state index contributed by atoms with van der Waals surface area (Å²) >= 11 is 0. The second-order valence-corrected chi connectivity index (χ2v) is 5.73. The molecular formula is C21H16N2O2. The summed E-state index contributed by atoms with van der Waals surface area (Å²) in [5.74, 6) is -0.414. The van der Waals surface area contributed by atoms with Crippen LogP contribution >= 0.6 is 0 Å². The van der Waals surface area contributed by atoms with Gasteiger partial charge in [-0.2, -0.15) is 0 Å². The van der Waals surface area contributed by atoms with E-state index in [0.29, 0.717) is 5.56 Å². The molecule has 0 atom stereocenters. The molecule has 0 N–H and O–H groups in total. The van der Waals surface area contributed by atoms with Gasteiger partial charge in [-0.3, -0.25) is 4.98 Å². The molecule has 3 aromatic rings. The Bertz CT molecular complexity index is 945. The fourth-order valence-electron chi connectivity index (χ4n) is 3.23. The molecule has 2 heterocycles. The van der Waals surface area contributed by atoms with Crippen molar-refractivity contribution in [2.45, 2.75) is 0 Å². The van der Waals surface area contributed by atoms with Crippen molar-refractivity contribution in [2.75, 3.05) is 12.0 Å². The van der Waals surface area contributed by atoms with E-state index >= 15 is 0 Å². The van der Waals surface area contributed by atoms with Crippen molar-refractivity contribution in [1.29, 1.82) is 0 Å². The lowest BCUT2D eigenvalue weighted by molar-refractivity contribution is 0.0601. The number of esters is 1. The van der Waals surface area contributed by atoms with E-state index in [1.807, 2.05) is 54.6 Å². The summed E-state index contributed by atoms with van der Waals surface area (Å²) in [6.45, 7) is 4.27. The zero-order chi connectivity index (χ0) is 17.4. The average Bonchev–Trinajstić information content (AvgIpc) is 2.68. The minimum Gasteiger partial charge on any atom is -0.465 e. The number of para-hydroxylation sites is 2. The van der Waals surface area contributed by atoms with Crippen LogP contribution in [0, 0.1) is 0 Å². The third-order valence-electron chi connectivity index (χ3n) is 4.38. The largest absolute Gasteiger partial charge is 0.465 e. The van der Waals surface area contributed by atoms with Crippen LogP contribution in [-0.4, -0.2) is 18.1 Å². The van der Waals surface area contributed by atoms with Gasteiger partial charge >= 0.3 is 5.97 Å². The Labute approximate surface area is 146 Å². The molecule has 25 heavy (non-hydrogen) atoms. The Hall–Kier alpha value is -3.40. The first kappa shape index (κ1) is 15.1. The summed E-state index contributed by atoms with van der Waals surface area (Å²) in [5.41, 5.74) is 6.14. The number of hydrogen-bond acceptors (Lipinski definition) is 4. The van der Waals surface area contributed by atoms with E-state index in [0.717, 1.165) is 33.8 Å². The number of carbonyl (C=O) groups is 1. The average molecular weight is 328 g/mol. The van der Waals surface area contributed by atoms with Gasteiger partial charge in [-0.25, -0.2) is 4.79 Å². The lowest BCUT2D eigenvalue weighted by Crippen LogP contribution is -2.20. The van der Waals surface area contributed by atoms with Crippen LogP contribution < -0.4 is 4.90 Å². The molecule has 0 spiro atoms. The summed E-state index contributed by atoms with van der Waals surface area (Å²) in [7, 11) is 1.37. The molecule has 1 aliphatic rings. The van der Waals surface area contributed by atoms with Crippen LogP contribution in [0.2, 0.25) is 0 Å². The van der Waals surface area contributed by atoms with Gasteiger partial charge in [-0.05, 0) is 23.8 Å². The van der Waals surface area contributed by atoms with E-state index < -0.39 is 5.97 Å². The Morgan fingerprint density at radius 3 is 2.16 bits per heavy atom. The van der Waals surface area contributed by atoms with Gasteiger partial charge in [0.05, 0.1) is 24.2 Å². The van der Waals surface area contributed by atoms with Crippen LogP contribution in [0.5, 0.6) is 0 Å². The molecule has 4 rings (SSSR count). The van der Waals surface area contributed by atoms with Gasteiger partial charge in [0.2, 0.25) is 0 Å². The predicted molar refractivity (Wildman–Crippen MR) is 98.4 cm³/mol. The first-order chi connectivity index (χ1) is 12.2. The summed E-state index contributed by atoms with van der Waals surface area (Å²) in [4.78, 5) is 18.4. The minimum absolute atomic E-state index is 0.414. The topological polar surface area (TPSA) is 42.4 Å². The van der Waals surface area contributed by atoms with Crippen LogP contribution in [-0.2, 0) is 4.74 Å². The van der Waals surface area contributed by atoms with E-state index in [9.17, 15) is 4.79 Å². The Balaban J connectivity index is 2.03. The second kappa shape index (κ2) is 5.91. The SMILES string of the molecule is C=C1c2ccccc2N(c2ccncc2C(=O)OC)c2ccccc21. The summed E-state index contributed by atoms with van der Waals surface area (Å²) in [6.07, 6.45) is 3.21. The van der Waals surface area contributed by atoms with E-state index in [1.54, 1.807) is 6.20 Å². The van der Waals surface area contributed by atoms with Gasteiger partial charge in [-0.1, -0.05) is 43.0 Å². The maximum atomic E-state index is 12.3. The molecule has 0 saturated carbocycles. The smallest absolute Gasteiger partial charge is 0.341 e. The van der Waals surface area contributed by atoms with Gasteiger partial charge in [0.1, 0.15) is 5.56 Å². The van der Waals surface area contributed by atoms with Crippen molar-refractivity contribution < 1.29 is 9.53 Å². The second-order valence-electron chi connectivity index (χ2n) is 5.73. The number of ether oxygens (including phenoxy) is 1. The molecule has 0 aliphatic carbocycles. The van der Waals surface area contributed by atoms with Crippen LogP contribution in [0.3, 0.4) is 0 Å². The molecule has 1 aromatic heterocycles. The molecule has 0 bridgehead atoms. The fraction of sp³-hybridized carbons (Fsp3) is 0.0476. The molecule has 0 radical (unpaired) electrons. The van der Waals surface area contributed by atoms with E-state index in [2.05, 4.69) is 16.5 Å². The number of methoxy groups -OCH3 is 1. The maximum absolute atomic E-state index is 12.3. The van der Waals surface area contributed by atoms with Crippen molar-refractivity contribution in [1.82, 2.24) is 4.98 Å². The van der Waals surface area contributed by atoms with Gasteiger partial charge < -0.3 is 9.64 Å². The number of nitrogens with zero attached hydrogens (tertiary/aromatic N) is 2. The van der Waals surface area contributed by atoms with Crippen LogP contribution in [0.15, 0.2) is 73.6 Å². The van der Waals surface area contributed by atoms with E-state index in [1.165, 1.54) is 13.3 Å². The van der Waals surface area contributed by atoms with Crippen molar-refractivity contribution in [2.24, 2.45) is 0 Å². The first-order valence-electron chi connectivity index (χ1n) is 7.92. The number of benzene rings is 2. The summed E-state index contributed by atoms with van der Waals surface area (Å²) in [6, 6.07) is 17.9. The summed E-state index contributed by atoms with van der Waals surface area (Å²) < 4.78 is 4.94. The molecule has 0 fully saturated rings. The fourth-order valence-corrected chi connectivity index (χ4v) is 3.23. The molecule has 4 heteroatoms. The first-order valence-corrected chi connectivity index (χ1v) is 7.92. The van der Waals surface area contributed by atoms with Gasteiger partial charge in [0.25, 0.3) is 0 Å².